The molecule has 0 aliphatic carbocycles. The van der Waals surface area contributed by atoms with E-state index < -0.39 is 0 Å². The van der Waals surface area contributed by atoms with E-state index in [1.807, 2.05) is 12.1 Å². The first kappa shape index (κ1) is 25.6. The van der Waals surface area contributed by atoms with Crippen molar-refractivity contribution < 1.29 is 23.7 Å². The summed E-state index contributed by atoms with van der Waals surface area (Å²) >= 11 is 0. The smallest absolute Gasteiger partial charge is 0.161 e. The molecule has 0 radical (unpaired) electrons. The molecule has 2 aromatic carbocycles. The van der Waals surface area contributed by atoms with Gasteiger partial charge in [0.15, 0.2) is 17.3 Å². The van der Waals surface area contributed by atoms with E-state index in [4.69, 9.17) is 18.9 Å². The van der Waals surface area contributed by atoms with E-state index in [1.54, 1.807) is 46.5 Å². The lowest BCUT2D eigenvalue weighted by Gasteiger charge is -2.36. The highest BCUT2D eigenvalue weighted by Gasteiger charge is 2.20. The number of benzene rings is 2. The number of methoxy groups -OCH3 is 3. The number of hydrogen-bond acceptors (Lipinski definition) is 7. The maximum Gasteiger partial charge on any atom is 0.161 e. The average Bonchev–Trinajstić information content (AvgIpc) is 2.81. The van der Waals surface area contributed by atoms with Crippen LogP contribution in [0.4, 0.5) is 5.69 Å². The molecule has 1 aliphatic rings. The SMILES string of the molecule is COc1ccc(N2CCN(CCCOc3ccc(C(C)=O)cc3OC)CC2)c(OC)c1.Cl. The standard InChI is InChI=1S/C24H32N2O5.ClH/c1-18(27)19-6-9-22(24(16-19)30-4)31-15-5-10-25-11-13-26(14-12-25)21-8-7-20(28-2)17-23(21)29-3;/h6-9,16-17H,5,10-15H2,1-4H3;1H. The van der Waals surface area contributed by atoms with Gasteiger partial charge in [-0.15, -0.1) is 12.4 Å². The quantitative estimate of drug-likeness (QED) is 0.390. The zero-order chi connectivity index (χ0) is 22.2. The highest BCUT2D eigenvalue weighted by Crippen LogP contribution is 2.33. The number of rotatable bonds is 10. The fourth-order valence-electron chi connectivity index (χ4n) is 3.73. The molecule has 1 saturated heterocycles. The number of ketones is 1. The zero-order valence-corrected chi connectivity index (χ0v) is 20.1. The maximum atomic E-state index is 11.5. The summed E-state index contributed by atoms with van der Waals surface area (Å²) in [6.45, 7) is 6.99. The van der Waals surface area contributed by atoms with Gasteiger partial charge < -0.3 is 23.8 Å². The van der Waals surface area contributed by atoms with Gasteiger partial charge in [-0.25, -0.2) is 0 Å². The van der Waals surface area contributed by atoms with Crippen LogP contribution in [-0.2, 0) is 0 Å². The summed E-state index contributed by atoms with van der Waals surface area (Å²) in [6, 6.07) is 11.3. The minimum atomic E-state index is 0. The minimum absolute atomic E-state index is 0. The van der Waals surface area contributed by atoms with Crippen LogP contribution >= 0.6 is 12.4 Å². The van der Waals surface area contributed by atoms with Crippen molar-refractivity contribution in [2.24, 2.45) is 0 Å². The third kappa shape index (κ3) is 6.43. The molecule has 0 saturated carbocycles. The van der Waals surface area contributed by atoms with E-state index in [1.165, 1.54) is 0 Å². The Morgan fingerprint density at radius 3 is 2.22 bits per heavy atom. The van der Waals surface area contributed by atoms with Gasteiger partial charge in [0.1, 0.15) is 11.5 Å². The monoisotopic (exact) mass is 464 g/mol. The van der Waals surface area contributed by atoms with E-state index in [9.17, 15) is 4.79 Å². The van der Waals surface area contributed by atoms with Crippen LogP contribution in [0.5, 0.6) is 23.0 Å². The summed E-state index contributed by atoms with van der Waals surface area (Å²) < 4.78 is 22.1. The molecule has 0 N–H and O–H groups in total. The average molecular weight is 465 g/mol. The van der Waals surface area contributed by atoms with Gasteiger partial charge in [0, 0.05) is 44.4 Å². The van der Waals surface area contributed by atoms with Crippen molar-refractivity contribution in [2.75, 3.05) is 65.6 Å². The lowest BCUT2D eigenvalue weighted by atomic mass is 10.1. The van der Waals surface area contributed by atoms with Crippen LogP contribution in [0, 0.1) is 0 Å². The number of nitrogens with zero attached hydrogens (tertiary/aromatic N) is 2. The highest BCUT2D eigenvalue weighted by molar-refractivity contribution is 5.94. The van der Waals surface area contributed by atoms with E-state index >= 15 is 0 Å². The number of ether oxygens (including phenoxy) is 4. The number of halogens is 1. The van der Waals surface area contributed by atoms with Crippen LogP contribution < -0.4 is 23.8 Å². The summed E-state index contributed by atoms with van der Waals surface area (Å²) in [7, 11) is 4.94. The molecule has 3 rings (SSSR count). The molecule has 0 aromatic heterocycles. The van der Waals surface area contributed by atoms with E-state index in [-0.39, 0.29) is 18.2 Å². The molecule has 0 bridgehead atoms. The van der Waals surface area contributed by atoms with Gasteiger partial charge in [-0.2, -0.15) is 0 Å². The molecule has 8 heteroatoms. The molecule has 0 atom stereocenters. The Morgan fingerprint density at radius 2 is 1.59 bits per heavy atom. The van der Waals surface area contributed by atoms with E-state index in [0.29, 0.717) is 23.7 Å². The van der Waals surface area contributed by atoms with Gasteiger partial charge in [-0.05, 0) is 43.7 Å². The number of anilines is 1. The first-order chi connectivity index (χ1) is 15.0. The Bertz CT molecular complexity index is 885. The summed E-state index contributed by atoms with van der Waals surface area (Å²) in [5, 5.41) is 0. The second-order valence-corrected chi connectivity index (χ2v) is 7.49. The minimum Gasteiger partial charge on any atom is -0.497 e. The molecule has 0 amide bonds. The van der Waals surface area contributed by atoms with Crippen molar-refractivity contribution in [1.29, 1.82) is 0 Å². The number of Topliss-reactive ketones (excluding diaryl/α,β-unsaturated/α-hetero) is 1. The van der Waals surface area contributed by atoms with Gasteiger partial charge in [0.05, 0.1) is 33.6 Å². The van der Waals surface area contributed by atoms with Crippen molar-refractivity contribution in [3.8, 4) is 23.0 Å². The second kappa shape index (κ2) is 12.4. The third-order valence-electron chi connectivity index (χ3n) is 5.55. The molecule has 1 aliphatic heterocycles. The Balaban J connectivity index is 0.00000363. The molecule has 1 heterocycles. The topological polar surface area (TPSA) is 60.5 Å². The van der Waals surface area contributed by atoms with Gasteiger partial charge in [-0.1, -0.05) is 0 Å². The second-order valence-electron chi connectivity index (χ2n) is 7.49. The predicted octanol–water partition coefficient (Wildman–Crippen LogP) is 3.93. The molecule has 1 fully saturated rings. The van der Waals surface area contributed by atoms with E-state index in [2.05, 4.69) is 15.9 Å². The van der Waals surface area contributed by atoms with Crippen LogP contribution in [0.25, 0.3) is 0 Å². The highest BCUT2D eigenvalue weighted by atomic mass is 35.5. The summed E-state index contributed by atoms with van der Waals surface area (Å²) in [5.74, 6) is 2.91. The maximum absolute atomic E-state index is 11.5. The number of piperazine rings is 1. The van der Waals surface area contributed by atoms with Gasteiger partial charge in [0.25, 0.3) is 0 Å². The molecule has 0 spiro atoms. The van der Waals surface area contributed by atoms with Crippen molar-refractivity contribution in [3.05, 3.63) is 42.0 Å². The summed E-state index contributed by atoms with van der Waals surface area (Å²) in [4.78, 5) is 16.3. The molecule has 176 valence electrons. The number of carbonyl (C=O) groups is 1. The van der Waals surface area contributed by atoms with Crippen LogP contribution in [0.2, 0.25) is 0 Å². The van der Waals surface area contributed by atoms with Gasteiger partial charge in [0.2, 0.25) is 0 Å². The van der Waals surface area contributed by atoms with Crippen LogP contribution in [0.3, 0.4) is 0 Å². The fraction of sp³-hybridized carbons (Fsp3) is 0.458. The van der Waals surface area contributed by atoms with Crippen molar-refractivity contribution in [2.45, 2.75) is 13.3 Å². The Labute approximate surface area is 196 Å². The summed E-state index contributed by atoms with van der Waals surface area (Å²) in [6.07, 6.45) is 0.920. The van der Waals surface area contributed by atoms with Crippen LogP contribution in [0.1, 0.15) is 23.7 Å². The molecule has 0 unspecified atom stereocenters. The Morgan fingerprint density at radius 1 is 0.875 bits per heavy atom. The normalized spacial score (nSPS) is 13.8. The van der Waals surface area contributed by atoms with Crippen molar-refractivity contribution in [1.82, 2.24) is 4.90 Å². The first-order valence-electron chi connectivity index (χ1n) is 10.6. The van der Waals surface area contributed by atoms with Crippen LogP contribution in [-0.4, -0.2) is 71.3 Å². The van der Waals surface area contributed by atoms with Crippen molar-refractivity contribution in [3.63, 3.8) is 0 Å². The van der Waals surface area contributed by atoms with Gasteiger partial charge in [-0.3, -0.25) is 9.69 Å². The first-order valence-corrected chi connectivity index (χ1v) is 10.6. The summed E-state index contributed by atoms with van der Waals surface area (Å²) in [5.41, 5.74) is 1.72. The molecular weight excluding hydrogens is 432 g/mol. The zero-order valence-electron chi connectivity index (χ0n) is 19.3. The Hall–Kier alpha value is -2.64. The number of hydrogen-bond donors (Lipinski definition) is 0. The van der Waals surface area contributed by atoms with Crippen molar-refractivity contribution >= 4 is 23.9 Å². The molecule has 32 heavy (non-hydrogen) atoms. The lowest BCUT2D eigenvalue weighted by Crippen LogP contribution is -2.46. The lowest BCUT2D eigenvalue weighted by molar-refractivity contribution is 0.101. The number of carbonyl (C=O) groups excluding carboxylic acids is 1. The molecule has 7 nitrogen and oxygen atoms in total. The van der Waals surface area contributed by atoms with Crippen LogP contribution in [0.15, 0.2) is 36.4 Å². The third-order valence-corrected chi connectivity index (χ3v) is 5.55. The Kier molecular flexibility index (Phi) is 9.94. The van der Waals surface area contributed by atoms with Gasteiger partial charge >= 0.3 is 0 Å². The predicted molar refractivity (Wildman–Crippen MR) is 129 cm³/mol. The largest absolute Gasteiger partial charge is 0.497 e. The molecule has 2 aromatic rings. The van der Waals surface area contributed by atoms with E-state index in [0.717, 1.165) is 56.3 Å². The fourth-order valence-corrected chi connectivity index (χ4v) is 3.73. The molecular formula is C24H33ClN2O5.